The van der Waals surface area contributed by atoms with Crippen molar-refractivity contribution < 1.29 is 4.79 Å². The molecule has 0 spiro atoms. The van der Waals surface area contributed by atoms with Crippen LogP contribution in [0.25, 0.3) is 11.2 Å². The van der Waals surface area contributed by atoms with Gasteiger partial charge in [-0.2, -0.15) is 0 Å². The maximum Gasteiger partial charge on any atom is 0.258 e. The van der Waals surface area contributed by atoms with Crippen LogP contribution < -0.4 is 5.32 Å². The lowest BCUT2D eigenvalue weighted by molar-refractivity contribution is 0.102. The van der Waals surface area contributed by atoms with E-state index in [1.54, 1.807) is 30.6 Å². The third kappa shape index (κ3) is 3.65. The molecule has 0 unspecified atom stereocenters. The van der Waals surface area contributed by atoms with Crippen LogP contribution in [0.15, 0.2) is 67.1 Å². The molecule has 0 bridgehead atoms. The topological polar surface area (TPSA) is 59.8 Å². The van der Waals surface area contributed by atoms with E-state index in [1.807, 2.05) is 34.9 Å². The van der Waals surface area contributed by atoms with Gasteiger partial charge >= 0.3 is 0 Å². The van der Waals surface area contributed by atoms with Crippen LogP contribution in [-0.2, 0) is 6.54 Å². The monoisotopic (exact) mass is 396 g/mol. The molecule has 0 aliphatic carbocycles. The predicted octanol–water partition coefficient (Wildman–Crippen LogP) is 5.04. The highest BCUT2D eigenvalue weighted by molar-refractivity contribution is 6.38. The average Bonchev–Trinajstić information content (AvgIpc) is 3.08. The summed E-state index contributed by atoms with van der Waals surface area (Å²) < 4.78 is 1.90. The van der Waals surface area contributed by atoms with Gasteiger partial charge in [-0.25, -0.2) is 9.97 Å². The van der Waals surface area contributed by atoms with Crippen molar-refractivity contribution >= 4 is 46.0 Å². The number of carbonyl (C=O) groups is 1. The van der Waals surface area contributed by atoms with Crippen molar-refractivity contribution in [1.29, 1.82) is 0 Å². The SMILES string of the molecule is O=C(Nc1ccc(Cl)cc1)c1cnc2c(ncn2Cc2ccccc2)c1Cl. The molecule has 7 heteroatoms. The molecular weight excluding hydrogens is 383 g/mol. The number of nitrogens with one attached hydrogen (secondary N) is 1. The summed E-state index contributed by atoms with van der Waals surface area (Å²) in [6, 6.07) is 16.8. The Morgan fingerprint density at radius 3 is 2.48 bits per heavy atom. The van der Waals surface area contributed by atoms with Crippen LogP contribution in [0.3, 0.4) is 0 Å². The minimum Gasteiger partial charge on any atom is -0.322 e. The van der Waals surface area contributed by atoms with Crippen molar-refractivity contribution in [1.82, 2.24) is 14.5 Å². The first-order chi connectivity index (χ1) is 13.1. The quantitative estimate of drug-likeness (QED) is 0.525. The zero-order valence-electron chi connectivity index (χ0n) is 14.1. The van der Waals surface area contributed by atoms with Crippen molar-refractivity contribution in [3.8, 4) is 0 Å². The molecule has 1 N–H and O–H groups in total. The maximum atomic E-state index is 12.6. The summed E-state index contributed by atoms with van der Waals surface area (Å²) >= 11 is 12.3. The van der Waals surface area contributed by atoms with E-state index in [-0.39, 0.29) is 16.5 Å². The highest BCUT2D eigenvalue weighted by atomic mass is 35.5. The number of hydrogen-bond donors (Lipinski definition) is 1. The Morgan fingerprint density at radius 2 is 1.74 bits per heavy atom. The number of anilines is 1. The fraction of sp³-hybridized carbons (Fsp3) is 0.0500. The molecule has 2 heterocycles. The van der Waals surface area contributed by atoms with E-state index in [4.69, 9.17) is 23.2 Å². The number of hydrogen-bond acceptors (Lipinski definition) is 3. The molecule has 0 saturated carbocycles. The van der Waals surface area contributed by atoms with E-state index in [0.717, 1.165) is 5.56 Å². The van der Waals surface area contributed by atoms with Crippen LogP contribution in [-0.4, -0.2) is 20.4 Å². The Labute approximate surface area is 165 Å². The van der Waals surface area contributed by atoms with Crippen LogP contribution >= 0.6 is 23.2 Å². The number of rotatable bonds is 4. The second-order valence-corrected chi connectivity index (χ2v) is 6.79. The van der Waals surface area contributed by atoms with Gasteiger partial charge in [-0.1, -0.05) is 53.5 Å². The number of aromatic nitrogens is 3. The minimum absolute atomic E-state index is 0.268. The van der Waals surface area contributed by atoms with E-state index >= 15 is 0 Å². The number of amides is 1. The lowest BCUT2D eigenvalue weighted by Crippen LogP contribution is -2.13. The van der Waals surface area contributed by atoms with Gasteiger partial charge in [0.05, 0.1) is 23.5 Å². The Kier molecular flexibility index (Phi) is 4.79. The number of benzene rings is 2. The minimum atomic E-state index is -0.352. The van der Waals surface area contributed by atoms with E-state index in [9.17, 15) is 4.79 Å². The lowest BCUT2D eigenvalue weighted by atomic mass is 10.2. The second-order valence-electron chi connectivity index (χ2n) is 5.98. The number of fused-ring (bicyclic) bond motifs is 1. The Bertz CT molecular complexity index is 1110. The predicted molar refractivity (Wildman–Crippen MR) is 107 cm³/mol. The van der Waals surface area contributed by atoms with Crippen molar-refractivity contribution in [2.45, 2.75) is 6.54 Å². The van der Waals surface area contributed by atoms with Gasteiger partial charge in [0.15, 0.2) is 5.65 Å². The van der Waals surface area contributed by atoms with Gasteiger partial charge < -0.3 is 9.88 Å². The smallest absolute Gasteiger partial charge is 0.258 e. The first-order valence-corrected chi connectivity index (χ1v) is 8.97. The van der Waals surface area contributed by atoms with E-state index < -0.39 is 0 Å². The third-order valence-electron chi connectivity index (χ3n) is 4.11. The lowest BCUT2D eigenvalue weighted by Gasteiger charge is -2.08. The highest BCUT2D eigenvalue weighted by Crippen LogP contribution is 2.26. The van der Waals surface area contributed by atoms with E-state index in [1.165, 1.54) is 6.20 Å². The summed E-state index contributed by atoms with van der Waals surface area (Å²) in [5.74, 6) is -0.352. The normalized spacial score (nSPS) is 10.9. The molecule has 2 aromatic heterocycles. The van der Waals surface area contributed by atoms with Gasteiger partial charge in [0.25, 0.3) is 5.91 Å². The number of halogens is 2. The summed E-state index contributed by atoms with van der Waals surface area (Å²) in [5, 5.41) is 3.65. The standard InChI is InChI=1S/C20H14Cl2N4O/c21-14-6-8-15(9-7-14)25-20(27)16-10-23-19-18(17(16)22)24-12-26(19)11-13-4-2-1-3-5-13/h1-10,12H,11H2,(H,25,27). The first-order valence-electron chi connectivity index (χ1n) is 8.22. The van der Waals surface area contributed by atoms with Crippen molar-refractivity contribution in [2.24, 2.45) is 0 Å². The van der Waals surface area contributed by atoms with Gasteiger partial charge in [-0.3, -0.25) is 4.79 Å². The summed E-state index contributed by atoms with van der Waals surface area (Å²) in [6.45, 7) is 0.622. The Balaban J connectivity index is 1.62. The fourth-order valence-electron chi connectivity index (χ4n) is 2.76. The zero-order valence-corrected chi connectivity index (χ0v) is 15.6. The van der Waals surface area contributed by atoms with Crippen LogP contribution in [0, 0.1) is 0 Å². The van der Waals surface area contributed by atoms with Crippen LogP contribution in [0.2, 0.25) is 10.0 Å². The highest BCUT2D eigenvalue weighted by Gasteiger charge is 2.17. The Morgan fingerprint density at radius 1 is 1.00 bits per heavy atom. The van der Waals surface area contributed by atoms with E-state index in [0.29, 0.717) is 28.4 Å². The molecule has 27 heavy (non-hydrogen) atoms. The number of carbonyl (C=O) groups excluding carboxylic acids is 1. The summed E-state index contributed by atoms with van der Waals surface area (Å²) in [7, 11) is 0. The van der Waals surface area contributed by atoms with Crippen LogP contribution in [0.5, 0.6) is 0 Å². The molecule has 0 radical (unpaired) electrons. The molecule has 0 fully saturated rings. The van der Waals surface area contributed by atoms with Gasteiger partial charge in [0, 0.05) is 16.9 Å². The van der Waals surface area contributed by atoms with Crippen molar-refractivity contribution in [2.75, 3.05) is 5.32 Å². The molecule has 0 saturated heterocycles. The molecule has 0 aliphatic heterocycles. The average molecular weight is 397 g/mol. The summed E-state index contributed by atoms with van der Waals surface area (Å²) in [4.78, 5) is 21.3. The van der Waals surface area contributed by atoms with E-state index in [2.05, 4.69) is 15.3 Å². The van der Waals surface area contributed by atoms with Crippen molar-refractivity contribution in [3.05, 3.63) is 88.3 Å². The molecule has 5 nitrogen and oxygen atoms in total. The van der Waals surface area contributed by atoms with Gasteiger partial charge in [0.2, 0.25) is 0 Å². The molecule has 0 atom stereocenters. The van der Waals surface area contributed by atoms with Crippen LogP contribution in [0.4, 0.5) is 5.69 Å². The third-order valence-corrected chi connectivity index (χ3v) is 4.75. The molecule has 134 valence electrons. The van der Waals surface area contributed by atoms with Gasteiger partial charge in [-0.05, 0) is 29.8 Å². The summed E-state index contributed by atoms with van der Waals surface area (Å²) in [5.41, 5.74) is 3.14. The van der Waals surface area contributed by atoms with Gasteiger partial charge in [0.1, 0.15) is 5.52 Å². The molecule has 2 aromatic carbocycles. The largest absolute Gasteiger partial charge is 0.322 e. The molecule has 1 amide bonds. The Hall–Kier alpha value is -2.89. The summed E-state index contributed by atoms with van der Waals surface area (Å²) in [6.07, 6.45) is 3.15. The number of pyridine rings is 1. The number of nitrogens with zero attached hydrogens (tertiary/aromatic N) is 3. The zero-order chi connectivity index (χ0) is 18.8. The second kappa shape index (κ2) is 7.39. The maximum absolute atomic E-state index is 12.6. The number of imidazole rings is 1. The van der Waals surface area contributed by atoms with Gasteiger partial charge in [-0.15, -0.1) is 0 Å². The molecule has 4 aromatic rings. The molecule has 4 rings (SSSR count). The first kappa shape index (κ1) is 17.5. The molecular formula is C20H14Cl2N4O. The molecule has 0 aliphatic rings. The van der Waals surface area contributed by atoms with Crippen LogP contribution in [0.1, 0.15) is 15.9 Å². The van der Waals surface area contributed by atoms with Crippen molar-refractivity contribution in [3.63, 3.8) is 0 Å². The fourth-order valence-corrected chi connectivity index (χ4v) is 3.16.